The summed E-state index contributed by atoms with van der Waals surface area (Å²) in [6.45, 7) is 1.26. The lowest BCUT2D eigenvalue weighted by Gasteiger charge is -2.35. The van der Waals surface area contributed by atoms with Gasteiger partial charge in [-0.1, -0.05) is 18.2 Å². The van der Waals surface area contributed by atoms with Gasteiger partial charge >= 0.3 is 0 Å². The maximum absolute atomic E-state index is 14.7. The second-order valence-electron chi connectivity index (χ2n) is 10.5. The van der Waals surface area contributed by atoms with Crippen LogP contribution in [0.1, 0.15) is 34.5 Å². The van der Waals surface area contributed by atoms with Crippen LogP contribution in [0.2, 0.25) is 0 Å². The van der Waals surface area contributed by atoms with Crippen LogP contribution >= 0.6 is 0 Å². The van der Waals surface area contributed by atoms with Crippen LogP contribution in [-0.4, -0.2) is 62.2 Å². The summed E-state index contributed by atoms with van der Waals surface area (Å²) in [5.74, 6) is -0.630. The number of hydrogen-bond donors (Lipinski definition) is 0. The van der Waals surface area contributed by atoms with Crippen LogP contribution < -0.4 is 9.64 Å². The number of nitrogens with zero attached hydrogens (tertiary/aromatic N) is 5. The standard InChI is InChI=1S/C32H30FN5O5S/c1-42-30-7-3-6-26(33)31(30)32-36-13-11-27(37-32)29(39)16-23-9-8-22(25-18-35-12-10-24(25)17-34)15-28(23)38-14-4-5-21(19-38)20-43-44(2,40)41/h3,6-13,15,18,21H,4-5,14,16,19-20H2,1-2H3/t21-/m1/s1. The van der Waals surface area contributed by atoms with Gasteiger partial charge in [0, 0.05) is 55.3 Å². The van der Waals surface area contributed by atoms with Crippen molar-refractivity contribution in [3.8, 4) is 34.3 Å². The number of ketones is 1. The summed E-state index contributed by atoms with van der Waals surface area (Å²) >= 11 is 0. The first-order chi connectivity index (χ1) is 21.2. The number of hydrogen-bond acceptors (Lipinski definition) is 10. The molecule has 5 rings (SSSR count). The number of rotatable bonds is 10. The van der Waals surface area contributed by atoms with E-state index < -0.39 is 15.9 Å². The first-order valence-corrected chi connectivity index (χ1v) is 15.7. The summed E-state index contributed by atoms with van der Waals surface area (Å²) in [4.78, 5) is 28.5. The molecule has 0 spiro atoms. The van der Waals surface area contributed by atoms with E-state index in [4.69, 9.17) is 8.92 Å². The van der Waals surface area contributed by atoms with Gasteiger partial charge in [-0.25, -0.2) is 14.4 Å². The van der Waals surface area contributed by atoms with Gasteiger partial charge in [0.2, 0.25) is 0 Å². The predicted octanol–water partition coefficient (Wildman–Crippen LogP) is 4.84. The van der Waals surface area contributed by atoms with Gasteiger partial charge in [-0.15, -0.1) is 0 Å². The molecule has 44 heavy (non-hydrogen) atoms. The highest BCUT2D eigenvalue weighted by Crippen LogP contribution is 2.34. The summed E-state index contributed by atoms with van der Waals surface area (Å²) in [6, 6.07) is 15.3. The zero-order valence-electron chi connectivity index (χ0n) is 24.2. The molecule has 1 aliphatic rings. The van der Waals surface area contributed by atoms with Crippen molar-refractivity contribution >= 4 is 21.6 Å². The highest BCUT2D eigenvalue weighted by molar-refractivity contribution is 7.85. The third-order valence-corrected chi connectivity index (χ3v) is 7.99. The van der Waals surface area contributed by atoms with Gasteiger partial charge in [-0.2, -0.15) is 13.7 Å². The predicted molar refractivity (Wildman–Crippen MR) is 162 cm³/mol. The number of Topliss-reactive ketones (excluding diaryl/α,β-unsaturated/α-hetero) is 1. The molecule has 10 nitrogen and oxygen atoms in total. The molecule has 0 saturated carbocycles. The number of carbonyl (C=O) groups excluding carboxylic acids is 1. The summed E-state index contributed by atoms with van der Waals surface area (Å²) in [6.07, 6.45) is 7.20. The Bertz CT molecular complexity index is 1840. The molecule has 12 heteroatoms. The highest BCUT2D eigenvalue weighted by atomic mass is 32.2. The molecule has 0 bridgehead atoms. The van der Waals surface area contributed by atoms with E-state index >= 15 is 0 Å². The average molecular weight is 616 g/mol. The third-order valence-electron chi connectivity index (χ3n) is 7.43. The lowest BCUT2D eigenvalue weighted by Crippen LogP contribution is -2.38. The number of halogens is 1. The molecular weight excluding hydrogens is 585 g/mol. The van der Waals surface area contributed by atoms with E-state index in [1.54, 1.807) is 24.5 Å². The summed E-state index contributed by atoms with van der Waals surface area (Å²) in [7, 11) is -2.17. The van der Waals surface area contributed by atoms with Crippen LogP contribution in [0.5, 0.6) is 5.75 Å². The first-order valence-electron chi connectivity index (χ1n) is 13.9. The van der Waals surface area contributed by atoms with E-state index in [0.717, 1.165) is 35.9 Å². The normalized spacial score (nSPS) is 15.0. The second kappa shape index (κ2) is 13.3. The molecule has 1 saturated heterocycles. The summed E-state index contributed by atoms with van der Waals surface area (Å²) in [5, 5.41) is 9.67. The topological polar surface area (TPSA) is 135 Å². The van der Waals surface area contributed by atoms with Crippen molar-refractivity contribution in [2.24, 2.45) is 5.92 Å². The van der Waals surface area contributed by atoms with Crippen LogP contribution in [0.3, 0.4) is 0 Å². The van der Waals surface area contributed by atoms with Crippen LogP contribution in [0.15, 0.2) is 67.1 Å². The fraction of sp³-hybridized carbons (Fsp3) is 0.281. The van der Waals surface area contributed by atoms with Gasteiger partial charge in [0.05, 0.1) is 37.2 Å². The molecule has 0 radical (unpaired) electrons. The Morgan fingerprint density at radius 1 is 1.18 bits per heavy atom. The Balaban J connectivity index is 1.49. The Hall–Kier alpha value is -4.73. The molecule has 1 aliphatic heterocycles. The minimum absolute atomic E-state index is 0.0143. The highest BCUT2D eigenvalue weighted by Gasteiger charge is 2.25. The smallest absolute Gasteiger partial charge is 0.264 e. The van der Waals surface area contributed by atoms with Crippen molar-refractivity contribution in [1.29, 1.82) is 5.26 Å². The monoisotopic (exact) mass is 615 g/mol. The zero-order valence-corrected chi connectivity index (χ0v) is 25.1. The number of benzene rings is 2. The van der Waals surface area contributed by atoms with Crippen molar-refractivity contribution < 1.29 is 26.5 Å². The van der Waals surface area contributed by atoms with Gasteiger partial charge in [0.1, 0.15) is 17.3 Å². The van der Waals surface area contributed by atoms with Gasteiger partial charge in [0.15, 0.2) is 11.6 Å². The van der Waals surface area contributed by atoms with Gasteiger partial charge in [-0.3, -0.25) is 14.0 Å². The number of nitriles is 1. The van der Waals surface area contributed by atoms with Crippen molar-refractivity contribution in [2.75, 3.05) is 38.0 Å². The summed E-state index contributed by atoms with van der Waals surface area (Å²) < 4.78 is 48.4. The van der Waals surface area contributed by atoms with Gasteiger partial charge in [0.25, 0.3) is 10.1 Å². The quantitative estimate of drug-likeness (QED) is 0.180. The fourth-order valence-electron chi connectivity index (χ4n) is 5.33. The van der Waals surface area contributed by atoms with E-state index in [2.05, 4.69) is 25.9 Å². The minimum Gasteiger partial charge on any atom is -0.496 e. The lowest BCUT2D eigenvalue weighted by molar-refractivity contribution is 0.0988. The van der Waals surface area contributed by atoms with Gasteiger partial charge in [-0.05, 0) is 54.3 Å². The Morgan fingerprint density at radius 3 is 2.80 bits per heavy atom. The largest absolute Gasteiger partial charge is 0.496 e. The molecular formula is C32H30FN5O5S. The van der Waals surface area contributed by atoms with E-state index in [9.17, 15) is 22.9 Å². The number of carbonyl (C=O) groups is 1. The molecule has 2 aromatic heterocycles. The Kier molecular flexibility index (Phi) is 9.27. The fourth-order valence-corrected chi connectivity index (χ4v) is 5.77. The molecule has 2 aromatic carbocycles. The lowest BCUT2D eigenvalue weighted by atomic mass is 9.94. The van der Waals surface area contributed by atoms with Gasteiger partial charge < -0.3 is 9.64 Å². The molecule has 0 amide bonds. The SMILES string of the molecule is COc1cccc(F)c1-c1nccc(C(=O)Cc2ccc(-c3cnccc3C#N)cc2N2CCC[C@@H](COS(C)(=O)=O)C2)n1. The number of aromatic nitrogens is 3. The molecule has 4 aromatic rings. The second-order valence-corrected chi connectivity index (χ2v) is 12.1. The van der Waals surface area contributed by atoms with E-state index in [1.165, 1.54) is 31.5 Å². The summed E-state index contributed by atoms with van der Waals surface area (Å²) in [5.41, 5.74) is 3.55. The van der Waals surface area contributed by atoms with Crippen molar-refractivity contribution in [1.82, 2.24) is 15.0 Å². The van der Waals surface area contributed by atoms with Crippen molar-refractivity contribution in [2.45, 2.75) is 19.3 Å². The Morgan fingerprint density at radius 2 is 2.02 bits per heavy atom. The minimum atomic E-state index is -3.59. The zero-order chi connectivity index (χ0) is 31.3. The van der Waals surface area contributed by atoms with E-state index in [-0.39, 0.29) is 47.6 Å². The number of piperidine rings is 1. The van der Waals surface area contributed by atoms with Crippen LogP contribution in [0.4, 0.5) is 10.1 Å². The molecule has 1 atom stereocenters. The van der Waals surface area contributed by atoms with Crippen LogP contribution in [0.25, 0.3) is 22.5 Å². The van der Waals surface area contributed by atoms with Crippen LogP contribution in [0, 0.1) is 23.1 Å². The number of ether oxygens (including phenoxy) is 1. The van der Waals surface area contributed by atoms with E-state index in [1.807, 2.05) is 18.2 Å². The molecule has 1 fully saturated rings. The first kappa shape index (κ1) is 30.7. The van der Waals surface area contributed by atoms with E-state index in [0.29, 0.717) is 24.2 Å². The molecule has 0 aliphatic carbocycles. The number of pyridine rings is 1. The number of anilines is 1. The molecule has 0 unspecified atom stereocenters. The third kappa shape index (κ3) is 7.07. The maximum atomic E-state index is 14.7. The Labute approximate surface area is 255 Å². The molecule has 3 heterocycles. The number of methoxy groups -OCH3 is 1. The van der Waals surface area contributed by atoms with Crippen molar-refractivity contribution in [3.63, 3.8) is 0 Å². The molecule has 0 N–H and O–H groups in total. The average Bonchev–Trinajstić information content (AvgIpc) is 3.03. The van der Waals surface area contributed by atoms with Crippen molar-refractivity contribution in [3.05, 3.63) is 89.8 Å². The van der Waals surface area contributed by atoms with Crippen LogP contribution in [-0.2, 0) is 20.7 Å². The maximum Gasteiger partial charge on any atom is 0.264 e. The molecule has 226 valence electrons.